The van der Waals surface area contributed by atoms with Crippen molar-refractivity contribution in [3.63, 3.8) is 0 Å². The summed E-state index contributed by atoms with van der Waals surface area (Å²) in [6.07, 6.45) is 8.63. The van der Waals surface area contributed by atoms with Crippen molar-refractivity contribution in [2.24, 2.45) is 7.05 Å². The molecule has 2 aromatic carbocycles. The zero-order chi connectivity index (χ0) is 26.4. The van der Waals surface area contributed by atoms with Gasteiger partial charge in [-0.3, -0.25) is 4.79 Å². The summed E-state index contributed by atoms with van der Waals surface area (Å²) < 4.78 is 10.2. The van der Waals surface area contributed by atoms with Crippen molar-refractivity contribution in [2.75, 3.05) is 18.8 Å². The molecule has 1 fully saturated rings. The Morgan fingerprint density at radius 3 is 2.87 bits per heavy atom. The van der Waals surface area contributed by atoms with Gasteiger partial charge in [0.2, 0.25) is 5.91 Å². The fraction of sp³-hybridized carbons (Fsp3) is 0.241. The standard InChI is InChI=1S/C29H29N7O2/c1-4-26(37)35-11-5-6-19(14-35)22-15-36(29-27(22)28(30)31-16-32-29)20-7-10-25(18(2)12-20)38-21-8-9-24-23(13-21)33-17-34(24)3/h4,7-10,12-13,15-17,19H,1,5-6,11,14H2,2-3H3,(H2,30,31,32). The fourth-order valence-corrected chi connectivity index (χ4v) is 5.38. The Morgan fingerprint density at radius 1 is 1.18 bits per heavy atom. The number of hydrogen-bond acceptors (Lipinski definition) is 6. The number of likely N-dealkylation sites (tertiary alicyclic amines) is 1. The molecule has 3 aromatic heterocycles. The van der Waals surface area contributed by atoms with Crippen molar-refractivity contribution in [3.05, 3.63) is 79.0 Å². The van der Waals surface area contributed by atoms with Crippen LogP contribution in [0.15, 0.2) is 67.9 Å². The van der Waals surface area contributed by atoms with Gasteiger partial charge in [0.1, 0.15) is 29.3 Å². The average Bonchev–Trinajstić information content (AvgIpc) is 3.51. The molecule has 1 atom stereocenters. The number of benzene rings is 2. The van der Waals surface area contributed by atoms with Crippen LogP contribution in [0.25, 0.3) is 27.8 Å². The lowest BCUT2D eigenvalue weighted by atomic mass is 9.90. The minimum absolute atomic E-state index is 0.0453. The second-order valence-electron chi connectivity index (χ2n) is 9.80. The van der Waals surface area contributed by atoms with Gasteiger partial charge in [0.15, 0.2) is 0 Å². The second-order valence-corrected chi connectivity index (χ2v) is 9.80. The average molecular weight is 508 g/mol. The van der Waals surface area contributed by atoms with Crippen LogP contribution in [-0.4, -0.2) is 48.0 Å². The molecular weight excluding hydrogens is 478 g/mol. The lowest BCUT2D eigenvalue weighted by Gasteiger charge is -2.32. The van der Waals surface area contributed by atoms with E-state index in [4.69, 9.17) is 10.5 Å². The molecule has 1 aliphatic rings. The third kappa shape index (κ3) is 4.06. The number of piperidine rings is 1. The number of amides is 1. The van der Waals surface area contributed by atoms with E-state index in [9.17, 15) is 4.79 Å². The van der Waals surface area contributed by atoms with Gasteiger partial charge in [0, 0.05) is 44.0 Å². The first-order valence-corrected chi connectivity index (χ1v) is 12.7. The highest BCUT2D eigenvalue weighted by molar-refractivity contribution is 5.92. The predicted molar refractivity (Wildman–Crippen MR) is 148 cm³/mol. The predicted octanol–water partition coefficient (Wildman–Crippen LogP) is 4.88. The van der Waals surface area contributed by atoms with E-state index in [0.717, 1.165) is 69.8 Å². The van der Waals surface area contributed by atoms with Gasteiger partial charge in [0.05, 0.1) is 22.7 Å². The van der Waals surface area contributed by atoms with Crippen LogP contribution in [0.5, 0.6) is 11.5 Å². The number of aryl methyl sites for hydroxylation is 2. The lowest BCUT2D eigenvalue weighted by molar-refractivity contribution is -0.127. The molecule has 9 nitrogen and oxygen atoms in total. The number of anilines is 1. The minimum Gasteiger partial charge on any atom is -0.457 e. The van der Waals surface area contributed by atoms with Crippen molar-refractivity contribution in [2.45, 2.75) is 25.7 Å². The van der Waals surface area contributed by atoms with E-state index in [-0.39, 0.29) is 11.8 Å². The van der Waals surface area contributed by atoms with Gasteiger partial charge >= 0.3 is 0 Å². The van der Waals surface area contributed by atoms with Crippen LogP contribution in [0.3, 0.4) is 0 Å². The molecule has 5 aromatic rings. The van der Waals surface area contributed by atoms with E-state index in [1.807, 2.05) is 58.3 Å². The van der Waals surface area contributed by atoms with Gasteiger partial charge in [-0.15, -0.1) is 0 Å². The van der Waals surface area contributed by atoms with Crippen molar-refractivity contribution >= 4 is 33.8 Å². The largest absolute Gasteiger partial charge is 0.457 e. The van der Waals surface area contributed by atoms with Crippen molar-refractivity contribution in [1.29, 1.82) is 0 Å². The second kappa shape index (κ2) is 9.33. The van der Waals surface area contributed by atoms with E-state index in [0.29, 0.717) is 12.4 Å². The van der Waals surface area contributed by atoms with E-state index in [1.165, 1.54) is 12.4 Å². The molecule has 0 bridgehead atoms. The van der Waals surface area contributed by atoms with E-state index in [1.54, 1.807) is 6.33 Å². The highest BCUT2D eigenvalue weighted by Gasteiger charge is 2.28. The molecular formula is C29H29N7O2. The quantitative estimate of drug-likeness (QED) is 0.340. The highest BCUT2D eigenvalue weighted by atomic mass is 16.5. The molecule has 1 aliphatic heterocycles. The fourth-order valence-electron chi connectivity index (χ4n) is 5.38. The molecule has 9 heteroatoms. The van der Waals surface area contributed by atoms with E-state index >= 15 is 0 Å². The molecule has 6 rings (SSSR count). The van der Waals surface area contributed by atoms with Crippen molar-refractivity contribution in [1.82, 2.24) is 29.0 Å². The maximum absolute atomic E-state index is 12.3. The first-order chi connectivity index (χ1) is 18.4. The topological polar surface area (TPSA) is 104 Å². The van der Waals surface area contributed by atoms with E-state index < -0.39 is 0 Å². The normalized spacial score (nSPS) is 15.7. The molecule has 192 valence electrons. The maximum atomic E-state index is 12.3. The third-order valence-electron chi connectivity index (χ3n) is 7.35. The molecule has 0 saturated carbocycles. The smallest absolute Gasteiger partial charge is 0.245 e. The van der Waals surface area contributed by atoms with Crippen LogP contribution in [0, 0.1) is 6.92 Å². The summed E-state index contributed by atoms with van der Waals surface area (Å²) in [6, 6.07) is 12.0. The molecule has 38 heavy (non-hydrogen) atoms. The zero-order valence-corrected chi connectivity index (χ0v) is 21.5. The molecule has 0 spiro atoms. The SMILES string of the molecule is C=CC(=O)N1CCCC(c2cn(-c3ccc(Oc4ccc5c(c4)ncn5C)c(C)c3)c3ncnc(N)c23)C1. The van der Waals surface area contributed by atoms with Crippen LogP contribution >= 0.6 is 0 Å². The van der Waals surface area contributed by atoms with Gasteiger partial charge in [0.25, 0.3) is 0 Å². The number of nitrogens with zero attached hydrogens (tertiary/aromatic N) is 6. The number of ether oxygens (including phenoxy) is 1. The van der Waals surface area contributed by atoms with Crippen LogP contribution < -0.4 is 10.5 Å². The molecule has 0 radical (unpaired) electrons. The summed E-state index contributed by atoms with van der Waals surface area (Å²) >= 11 is 0. The molecule has 4 heterocycles. The van der Waals surface area contributed by atoms with Gasteiger partial charge in [-0.1, -0.05) is 6.58 Å². The molecule has 2 N–H and O–H groups in total. The summed E-state index contributed by atoms with van der Waals surface area (Å²) in [6.45, 7) is 7.02. The highest BCUT2D eigenvalue weighted by Crippen LogP contribution is 2.37. The number of nitrogens with two attached hydrogens (primary N) is 1. The number of imidazole rings is 1. The summed E-state index contributed by atoms with van der Waals surface area (Å²) in [5.74, 6) is 2.03. The Bertz CT molecular complexity index is 1700. The Morgan fingerprint density at radius 2 is 2.05 bits per heavy atom. The first-order valence-electron chi connectivity index (χ1n) is 12.7. The van der Waals surface area contributed by atoms with Crippen LogP contribution in [0.4, 0.5) is 5.82 Å². The van der Waals surface area contributed by atoms with Gasteiger partial charge in [-0.05, 0) is 67.3 Å². The Kier molecular flexibility index (Phi) is 5.83. The monoisotopic (exact) mass is 507 g/mol. The molecule has 1 amide bonds. The van der Waals surface area contributed by atoms with Crippen LogP contribution in [0.2, 0.25) is 0 Å². The van der Waals surface area contributed by atoms with Gasteiger partial charge < -0.3 is 24.5 Å². The summed E-state index contributed by atoms with van der Waals surface area (Å²) in [5, 5.41) is 0.840. The Balaban J connectivity index is 1.35. The van der Waals surface area contributed by atoms with Gasteiger partial charge in [-0.2, -0.15) is 0 Å². The Hall–Kier alpha value is -4.66. The summed E-state index contributed by atoms with van der Waals surface area (Å²) in [7, 11) is 1.97. The zero-order valence-electron chi connectivity index (χ0n) is 21.5. The van der Waals surface area contributed by atoms with Crippen molar-refractivity contribution in [3.8, 4) is 17.2 Å². The number of nitrogen functional groups attached to an aromatic ring is 1. The number of carbonyl (C=O) groups excluding carboxylic acids is 1. The lowest BCUT2D eigenvalue weighted by Crippen LogP contribution is -2.38. The first kappa shape index (κ1) is 23.7. The number of carbonyl (C=O) groups is 1. The van der Waals surface area contributed by atoms with E-state index in [2.05, 4.69) is 33.8 Å². The van der Waals surface area contributed by atoms with Crippen LogP contribution in [-0.2, 0) is 11.8 Å². The minimum atomic E-state index is -0.0453. The number of hydrogen-bond donors (Lipinski definition) is 1. The summed E-state index contributed by atoms with van der Waals surface area (Å²) in [5.41, 5.74) is 12.0. The Labute approximate surface area is 220 Å². The third-order valence-corrected chi connectivity index (χ3v) is 7.35. The van der Waals surface area contributed by atoms with Crippen molar-refractivity contribution < 1.29 is 9.53 Å². The molecule has 1 unspecified atom stereocenters. The van der Waals surface area contributed by atoms with Crippen LogP contribution in [0.1, 0.15) is 29.9 Å². The maximum Gasteiger partial charge on any atom is 0.245 e. The molecule has 1 saturated heterocycles. The number of rotatable bonds is 5. The number of fused-ring (bicyclic) bond motifs is 2. The summed E-state index contributed by atoms with van der Waals surface area (Å²) in [4.78, 5) is 27.4. The van der Waals surface area contributed by atoms with Gasteiger partial charge in [-0.25, -0.2) is 15.0 Å². The molecule has 0 aliphatic carbocycles. The number of aromatic nitrogens is 5.